The monoisotopic (exact) mass is 300 g/mol. The van der Waals surface area contributed by atoms with Crippen LogP contribution >= 0.6 is 0 Å². The SMILES string of the molecule is CC(C)Nc1ccc(-n2c3ccccc3c3ccccc32)cc1. The number of hydrogen-bond donors (Lipinski definition) is 1. The van der Waals surface area contributed by atoms with Crippen molar-refractivity contribution in [3.8, 4) is 5.69 Å². The minimum absolute atomic E-state index is 0.439. The standard InChI is InChI=1S/C21H20N2/c1-15(2)22-16-11-13-17(14-12-16)23-20-9-5-3-7-18(20)19-8-4-6-10-21(19)23/h3-15,22H,1-2H3. The van der Waals surface area contributed by atoms with Gasteiger partial charge in [0.2, 0.25) is 0 Å². The van der Waals surface area contributed by atoms with Crippen LogP contribution in [0.2, 0.25) is 0 Å². The van der Waals surface area contributed by atoms with Crippen molar-refractivity contribution >= 4 is 27.5 Å². The van der Waals surface area contributed by atoms with Crippen LogP contribution in [0, 0.1) is 0 Å². The molecule has 0 aliphatic carbocycles. The molecule has 23 heavy (non-hydrogen) atoms. The maximum absolute atomic E-state index is 3.44. The maximum Gasteiger partial charge on any atom is 0.0541 e. The van der Waals surface area contributed by atoms with Crippen LogP contribution < -0.4 is 5.32 Å². The Hall–Kier alpha value is -2.74. The maximum atomic E-state index is 3.44. The second-order valence-corrected chi connectivity index (χ2v) is 6.22. The molecule has 2 nitrogen and oxygen atoms in total. The highest BCUT2D eigenvalue weighted by molar-refractivity contribution is 6.09. The Morgan fingerprint density at radius 1 is 0.696 bits per heavy atom. The van der Waals surface area contributed by atoms with E-state index >= 15 is 0 Å². The predicted octanol–water partition coefficient (Wildman–Crippen LogP) is 5.60. The summed E-state index contributed by atoms with van der Waals surface area (Å²) in [6.45, 7) is 4.31. The topological polar surface area (TPSA) is 17.0 Å². The van der Waals surface area contributed by atoms with Crippen molar-refractivity contribution < 1.29 is 0 Å². The smallest absolute Gasteiger partial charge is 0.0541 e. The van der Waals surface area contributed by atoms with Gasteiger partial charge in [0.25, 0.3) is 0 Å². The van der Waals surface area contributed by atoms with Gasteiger partial charge in [0.15, 0.2) is 0 Å². The summed E-state index contributed by atoms with van der Waals surface area (Å²) >= 11 is 0. The average Bonchev–Trinajstić information content (AvgIpc) is 2.90. The highest BCUT2D eigenvalue weighted by Crippen LogP contribution is 2.31. The zero-order chi connectivity index (χ0) is 15.8. The first-order valence-electron chi connectivity index (χ1n) is 8.09. The van der Waals surface area contributed by atoms with E-state index in [0.29, 0.717) is 6.04 Å². The van der Waals surface area contributed by atoms with Gasteiger partial charge < -0.3 is 9.88 Å². The molecule has 0 aliphatic heterocycles. The number of nitrogens with one attached hydrogen (secondary N) is 1. The molecule has 1 N–H and O–H groups in total. The quantitative estimate of drug-likeness (QED) is 0.521. The second-order valence-electron chi connectivity index (χ2n) is 6.22. The molecule has 0 aliphatic rings. The van der Waals surface area contributed by atoms with Gasteiger partial charge in [0.1, 0.15) is 0 Å². The van der Waals surface area contributed by atoms with Crippen molar-refractivity contribution in [2.24, 2.45) is 0 Å². The van der Waals surface area contributed by atoms with Gasteiger partial charge >= 0.3 is 0 Å². The van der Waals surface area contributed by atoms with Crippen molar-refractivity contribution in [3.63, 3.8) is 0 Å². The molecular weight excluding hydrogens is 280 g/mol. The van der Waals surface area contributed by atoms with Crippen LogP contribution in [-0.4, -0.2) is 10.6 Å². The van der Waals surface area contributed by atoms with E-state index in [1.807, 2.05) is 0 Å². The van der Waals surface area contributed by atoms with Crippen LogP contribution in [0.25, 0.3) is 27.5 Å². The number of hydrogen-bond acceptors (Lipinski definition) is 1. The molecule has 0 fully saturated rings. The van der Waals surface area contributed by atoms with E-state index in [9.17, 15) is 0 Å². The Bertz CT molecular complexity index is 909. The summed E-state index contributed by atoms with van der Waals surface area (Å²) in [5.41, 5.74) is 4.85. The molecule has 1 aromatic heterocycles. The summed E-state index contributed by atoms with van der Waals surface area (Å²) < 4.78 is 2.34. The summed E-state index contributed by atoms with van der Waals surface area (Å²) in [6, 6.07) is 26.3. The highest BCUT2D eigenvalue weighted by atomic mass is 15.0. The molecule has 0 bridgehead atoms. The molecule has 0 radical (unpaired) electrons. The number of para-hydroxylation sites is 2. The third kappa shape index (κ3) is 2.36. The van der Waals surface area contributed by atoms with E-state index in [0.717, 1.165) is 5.69 Å². The first kappa shape index (κ1) is 13.9. The number of benzene rings is 3. The van der Waals surface area contributed by atoms with Gasteiger partial charge in [-0.25, -0.2) is 0 Å². The van der Waals surface area contributed by atoms with Crippen LogP contribution in [-0.2, 0) is 0 Å². The fourth-order valence-electron chi connectivity index (χ4n) is 3.24. The second kappa shape index (κ2) is 5.47. The Morgan fingerprint density at radius 2 is 1.22 bits per heavy atom. The van der Waals surface area contributed by atoms with E-state index in [1.165, 1.54) is 27.5 Å². The molecule has 1 heterocycles. The summed E-state index contributed by atoms with van der Waals surface area (Å²) in [4.78, 5) is 0. The van der Waals surface area contributed by atoms with Crippen LogP contribution in [0.3, 0.4) is 0 Å². The minimum atomic E-state index is 0.439. The lowest BCUT2D eigenvalue weighted by Crippen LogP contribution is -2.09. The van der Waals surface area contributed by atoms with E-state index in [-0.39, 0.29) is 0 Å². The van der Waals surface area contributed by atoms with E-state index in [4.69, 9.17) is 0 Å². The van der Waals surface area contributed by atoms with Gasteiger partial charge in [-0.2, -0.15) is 0 Å². The third-order valence-electron chi connectivity index (χ3n) is 4.16. The lowest BCUT2D eigenvalue weighted by atomic mass is 10.2. The molecular formula is C21H20N2. The fraction of sp³-hybridized carbons (Fsp3) is 0.143. The van der Waals surface area contributed by atoms with E-state index in [1.54, 1.807) is 0 Å². The van der Waals surface area contributed by atoms with Crippen LogP contribution in [0.4, 0.5) is 5.69 Å². The first-order chi connectivity index (χ1) is 11.2. The zero-order valence-corrected chi connectivity index (χ0v) is 13.5. The molecule has 0 spiro atoms. The molecule has 0 saturated carbocycles. The van der Waals surface area contributed by atoms with E-state index in [2.05, 4.69) is 96.5 Å². The number of fused-ring (bicyclic) bond motifs is 3. The van der Waals surface area contributed by atoms with Gasteiger partial charge in [-0.05, 0) is 50.2 Å². The molecule has 4 rings (SSSR count). The molecule has 0 unspecified atom stereocenters. The van der Waals surface area contributed by atoms with Gasteiger partial charge in [-0.15, -0.1) is 0 Å². The van der Waals surface area contributed by atoms with Gasteiger partial charge in [0, 0.05) is 28.2 Å². The molecule has 114 valence electrons. The molecule has 0 amide bonds. The highest BCUT2D eigenvalue weighted by Gasteiger charge is 2.10. The molecule has 4 aromatic rings. The van der Waals surface area contributed by atoms with Gasteiger partial charge in [-0.1, -0.05) is 36.4 Å². The lowest BCUT2D eigenvalue weighted by Gasteiger charge is -2.12. The number of nitrogens with zero attached hydrogens (tertiary/aromatic N) is 1. The Kier molecular flexibility index (Phi) is 3.30. The van der Waals surface area contributed by atoms with Crippen LogP contribution in [0.1, 0.15) is 13.8 Å². The van der Waals surface area contributed by atoms with Crippen molar-refractivity contribution in [1.29, 1.82) is 0 Å². The number of rotatable bonds is 3. The summed E-state index contributed by atoms with van der Waals surface area (Å²) in [6.07, 6.45) is 0. The molecule has 3 aromatic carbocycles. The predicted molar refractivity (Wildman–Crippen MR) is 99.5 cm³/mol. The molecule has 0 saturated heterocycles. The number of anilines is 1. The average molecular weight is 300 g/mol. The van der Waals surface area contributed by atoms with Crippen LogP contribution in [0.15, 0.2) is 72.8 Å². The normalized spacial score (nSPS) is 11.4. The zero-order valence-electron chi connectivity index (χ0n) is 13.5. The van der Waals surface area contributed by atoms with Crippen molar-refractivity contribution in [3.05, 3.63) is 72.8 Å². The Balaban J connectivity index is 1.93. The minimum Gasteiger partial charge on any atom is -0.383 e. The lowest BCUT2D eigenvalue weighted by molar-refractivity contribution is 0.899. The van der Waals surface area contributed by atoms with Gasteiger partial charge in [-0.3, -0.25) is 0 Å². The van der Waals surface area contributed by atoms with Crippen molar-refractivity contribution in [1.82, 2.24) is 4.57 Å². The number of aromatic nitrogens is 1. The molecule has 0 atom stereocenters. The van der Waals surface area contributed by atoms with Crippen LogP contribution in [0.5, 0.6) is 0 Å². The fourth-order valence-corrected chi connectivity index (χ4v) is 3.24. The summed E-state index contributed by atoms with van der Waals surface area (Å²) in [7, 11) is 0. The summed E-state index contributed by atoms with van der Waals surface area (Å²) in [5.74, 6) is 0. The Labute approximate surface area is 136 Å². The van der Waals surface area contributed by atoms with Crippen molar-refractivity contribution in [2.75, 3.05) is 5.32 Å². The van der Waals surface area contributed by atoms with Gasteiger partial charge in [0.05, 0.1) is 11.0 Å². The Morgan fingerprint density at radius 3 is 1.74 bits per heavy atom. The molecule has 2 heteroatoms. The van der Waals surface area contributed by atoms with E-state index < -0.39 is 0 Å². The first-order valence-corrected chi connectivity index (χ1v) is 8.09. The summed E-state index contributed by atoms with van der Waals surface area (Å²) in [5, 5.41) is 6.04. The van der Waals surface area contributed by atoms with Crippen molar-refractivity contribution in [2.45, 2.75) is 19.9 Å². The third-order valence-corrected chi connectivity index (χ3v) is 4.16. The largest absolute Gasteiger partial charge is 0.383 e.